The molecule has 128 valence electrons. The standard InChI is InChI=1S/C16H16F2N2O4/c1-20(15(22)11-4-3-7-19-14(11)21)9-10-5-6-12(24-16(17)18)13(8-10)23-2/h3-8,16H,9H2,1-2H3,(H,19,21). The van der Waals surface area contributed by atoms with Crippen LogP contribution in [-0.4, -0.2) is 36.6 Å². The first-order valence-electron chi connectivity index (χ1n) is 6.97. The Kier molecular flexibility index (Phi) is 5.51. The van der Waals surface area contributed by atoms with Gasteiger partial charge in [-0.3, -0.25) is 9.59 Å². The molecule has 8 heteroatoms. The molecule has 0 atom stereocenters. The summed E-state index contributed by atoms with van der Waals surface area (Å²) < 4.78 is 34.0. The maximum atomic E-state index is 12.3. The van der Waals surface area contributed by atoms with E-state index in [2.05, 4.69) is 9.72 Å². The number of hydrogen-bond donors (Lipinski definition) is 1. The third-order valence-electron chi connectivity index (χ3n) is 3.26. The fraction of sp³-hybridized carbons (Fsp3) is 0.250. The van der Waals surface area contributed by atoms with Crippen molar-refractivity contribution in [2.45, 2.75) is 13.2 Å². The molecule has 6 nitrogen and oxygen atoms in total. The number of hydrogen-bond acceptors (Lipinski definition) is 4. The molecule has 0 unspecified atom stereocenters. The topological polar surface area (TPSA) is 71.6 Å². The Bertz CT molecular complexity index is 777. The van der Waals surface area contributed by atoms with Crippen LogP contribution < -0.4 is 15.0 Å². The van der Waals surface area contributed by atoms with E-state index in [0.717, 1.165) is 0 Å². The Balaban J connectivity index is 2.17. The maximum Gasteiger partial charge on any atom is 0.387 e. The number of benzene rings is 1. The molecule has 0 aliphatic rings. The minimum Gasteiger partial charge on any atom is -0.493 e. The number of methoxy groups -OCH3 is 1. The first-order chi connectivity index (χ1) is 11.4. The summed E-state index contributed by atoms with van der Waals surface area (Å²) in [7, 11) is 2.86. The Morgan fingerprint density at radius 2 is 2.04 bits per heavy atom. The molecule has 2 rings (SSSR count). The number of nitrogens with one attached hydrogen (secondary N) is 1. The molecule has 1 aromatic heterocycles. The first-order valence-corrected chi connectivity index (χ1v) is 6.97. The highest BCUT2D eigenvalue weighted by Crippen LogP contribution is 2.29. The number of rotatable bonds is 6. The molecule has 0 aliphatic carbocycles. The van der Waals surface area contributed by atoms with Crippen LogP contribution in [0.4, 0.5) is 8.78 Å². The van der Waals surface area contributed by atoms with Crippen LogP contribution in [0.15, 0.2) is 41.3 Å². The predicted octanol–water partition coefficient (Wildman–Crippen LogP) is 2.26. The van der Waals surface area contributed by atoms with Crippen LogP contribution in [-0.2, 0) is 6.54 Å². The van der Waals surface area contributed by atoms with Crippen molar-refractivity contribution < 1.29 is 23.0 Å². The monoisotopic (exact) mass is 338 g/mol. The lowest BCUT2D eigenvalue weighted by Crippen LogP contribution is -2.31. The number of aromatic amines is 1. The molecule has 1 aromatic carbocycles. The average Bonchev–Trinajstić information content (AvgIpc) is 2.55. The molecular weight excluding hydrogens is 322 g/mol. The SMILES string of the molecule is COc1cc(CN(C)C(=O)c2ccc[nH]c2=O)ccc1OC(F)F. The van der Waals surface area contributed by atoms with Gasteiger partial charge in [-0.25, -0.2) is 0 Å². The number of alkyl halides is 2. The van der Waals surface area contributed by atoms with Gasteiger partial charge in [-0.15, -0.1) is 0 Å². The summed E-state index contributed by atoms with van der Waals surface area (Å²) in [5.74, 6) is -0.417. The third kappa shape index (κ3) is 4.09. The van der Waals surface area contributed by atoms with E-state index in [1.807, 2.05) is 0 Å². The van der Waals surface area contributed by atoms with Gasteiger partial charge in [-0.1, -0.05) is 6.07 Å². The molecule has 0 aliphatic heterocycles. The van der Waals surface area contributed by atoms with E-state index in [0.29, 0.717) is 5.56 Å². The molecule has 2 aromatic rings. The number of aromatic nitrogens is 1. The van der Waals surface area contributed by atoms with Crippen LogP contribution in [0.3, 0.4) is 0 Å². The largest absolute Gasteiger partial charge is 0.493 e. The molecule has 0 bridgehead atoms. The normalized spacial score (nSPS) is 10.5. The van der Waals surface area contributed by atoms with E-state index in [1.165, 1.54) is 43.5 Å². The fourth-order valence-corrected chi connectivity index (χ4v) is 2.14. The fourth-order valence-electron chi connectivity index (χ4n) is 2.14. The number of carbonyl (C=O) groups excluding carboxylic acids is 1. The number of pyridine rings is 1. The third-order valence-corrected chi connectivity index (χ3v) is 3.26. The van der Waals surface area contributed by atoms with Crippen LogP contribution in [0.1, 0.15) is 15.9 Å². The zero-order chi connectivity index (χ0) is 17.7. The first kappa shape index (κ1) is 17.5. The van der Waals surface area contributed by atoms with Crippen LogP contribution in [0.25, 0.3) is 0 Å². The number of H-pyrrole nitrogens is 1. The molecule has 24 heavy (non-hydrogen) atoms. The molecule has 0 saturated heterocycles. The van der Waals surface area contributed by atoms with Gasteiger partial charge in [0.25, 0.3) is 11.5 Å². The Labute approximate surface area is 136 Å². The van der Waals surface area contributed by atoms with E-state index in [-0.39, 0.29) is 23.6 Å². The number of amides is 1. The van der Waals surface area contributed by atoms with Crippen molar-refractivity contribution in [1.82, 2.24) is 9.88 Å². The summed E-state index contributed by atoms with van der Waals surface area (Å²) >= 11 is 0. The van der Waals surface area contributed by atoms with Crippen molar-refractivity contribution in [2.24, 2.45) is 0 Å². The van der Waals surface area contributed by atoms with E-state index >= 15 is 0 Å². The second-order valence-corrected chi connectivity index (χ2v) is 4.94. The maximum absolute atomic E-state index is 12.3. The van der Waals surface area contributed by atoms with Gasteiger partial charge in [0.2, 0.25) is 0 Å². The zero-order valence-electron chi connectivity index (χ0n) is 13.1. The van der Waals surface area contributed by atoms with Crippen LogP contribution >= 0.6 is 0 Å². The highest BCUT2D eigenvalue weighted by atomic mass is 19.3. The van der Waals surface area contributed by atoms with Crippen LogP contribution in [0.5, 0.6) is 11.5 Å². The number of carbonyl (C=O) groups is 1. The van der Waals surface area contributed by atoms with E-state index in [9.17, 15) is 18.4 Å². The molecular formula is C16H16F2N2O4. The van der Waals surface area contributed by atoms with Crippen LogP contribution in [0.2, 0.25) is 0 Å². The van der Waals surface area contributed by atoms with E-state index in [4.69, 9.17) is 4.74 Å². The molecule has 1 amide bonds. The van der Waals surface area contributed by atoms with Crippen molar-refractivity contribution in [3.8, 4) is 11.5 Å². The van der Waals surface area contributed by atoms with Gasteiger partial charge in [0, 0.05) is 19.8 Å². The van der Waals surface area contributed by atoms with Crippen molar-refractivity contribution in [3.05, 3.63) is 58.0 Å². The lowest BCUT2D eigenvalue weighted by atomic mass is 10.1. The molecule has 1 heterocycles. The molecule has 0 radical (unpaired) electrons. The highest BCUT2D eigenvalue weighted by Gasteiger charge is 2.17. The Hall–Kier alpha value is -2.90. The number of halogens is 2. The van der Waals surface area contributed by atoms with Gasteiger partial charge >= 0.3 is 6.61 Å². The minimum atomic E-state index is -2.96. The van der Waals surface area contributed by atoms with Gasteiger partial charge in [-0.05, 0) is 29.8 Å². The van der Waals surface area contributed by atoms with Gasteiger partial charge < -0.3 is 19.4 Å². The molecule has 0 saturated carbocycles. The second kappa shape index (κ2) is 7.58. The summed E-state index contributed by atoms with van der Waals surface area (Å²) in [5, 5.41) is 0. The van der Waals surface area contributed by atoms with Crippen molar-refractivity contribution >= 4 is 5.91 Å². The summed E-state index contributed by atoms with van der Waals surface area (Å²) in [6, 6.07) is 7.36. The average molecular weight is 338 g/mol. The lowest BCUT2D eigenvalue weighted by molar-refractivity contribution is -0.0512. The quantitative estimate of drug-likeness (QED) is 0.877. The van der Waals surface area contributed by atoms with Gasteiger partial charge in [0.05, 0.1) is 7.11 Å². The number of nitrogens with zero attached hydrogens (tertiary/aromatic N) is 1. The van der Waals surface area contributed by atoms with Crippen molar-refractivity contribution in [3.63, 3.8) is 0 Å². The Morgan fingerprint density at radius 1 is 1.29 bits per heavy atom. The smallest absolute Gasteiger partial charge is 0.387 e. The Morgan fingerprint density at radius 3 is 2.67 bits per heavy atom. The predicted molar refractivity (Wildman–Crippen MR) is 82.5 cm³/mol. The summed E-state index contributed by atoms with van der Waals surface area (Å²) in [6.07, 6.45) is 1.44. The van der Waals surface area contributed by atoms with Gasteiger partial charge in [0.15, 0.2) is 11.5 Å². The second-order valence-electron chi connectivity index (χ2n) is 4.94. The molecule has 1 N–H and O–H groups in total. The summed E-state index contributed by atoms with van der Waals surface area (Å²) in [4.78, 5) is 27.7. The van der Waals surface area contributed by atoms with Crippen LogP contribution in [0, 0.1) is 0 Å². The minimum absolute atomic E-state index is 0.0182. The van der Waals surface area contributed by atoms with E-state index < -0.39 is 18.1 Å². The lowest BCUT2D eigenvalue weighted by Gasteiger charge is -2.18. The zero-order valence-corrected chi connectivity index (χ0v) is 13.1. The summed E-state index contributed by atoms with van der Waals surface area (Å²) in [6.45, 7) is -2.79. The summed E-state index contributed by atoms with van der Waals surface area (Å²) in [5.41, 5.74) is 0.175. The molecule has 0 fully saturated rings. The van der Waals surface area contributed by atoms with Gasteiger partial charge in [-0.2, -0.15) is 8.78 Å². The van der Waals surface area contributed by atoms with Crippen molar-refractivity contribution in [2.75, 3.05) is 14.2 Å². The number of ether oxygens (including phenoxy) is 2. The van der Waals surface area contributed by atoms with Crippen molar-refractivity contribution in [1.29, 1.82) is 0 Å². The highest BCUT2D eigenvalue weighted by molar-refractivity contribution is 5.93. The molecule has 0 spiro atoms. The van der Waals surface area contributed by atoms with Gasteiger partial charge in [0.1, 0.15) is 5.56 Å². The van der Waals surface area contributed by atoms with E-state index in [1.54, 1.807) is 12.1 Å².